The molecule has 96 valence electrons. The Labute approximate surface area is 108 Å². The fourth-order valence-corrected chi connectivity index (χ4v) is 4.07. The molecule has 3 aliphatic rings. The number of ether oxygens (including phenoxy) is 1. The Bertz CT molecular complexity index is 308. The Kier molecular flexibility index (Phi) is 3.61. The van der Waals surface area contributed by atoms with Crippen molar-refractivity contribution in [2.45, 2.75) is 69.7 Å². The average Bonchev–Trinajstić information content (AvgIpc) is 2.91. The molecule has 3 rings (SSSR count). The van der Waals surface area contributed by atoms with E-state index in [9.17, 15) is 0 Å². The van der Waals surface area contributed by atoms with Gasteiger partial charge in [0.25, 0.3) is 0 Å². The number of fused-ring (bicyclic) bond motifs is 1. The number of thioether (sulfide) groups is 1. The average molecular weight is 254 g/mol. The van der Waals surface area contributed by atoms with Crippen LogP contribution in [0, 0.1) is 0 Å². The number of nitrogens with one attached hydrogen (secondary N) is 1. The van der Waals surface area contributed by atoms with Crippen LogP contribution in [0.15, 0.2) is 4.99 Å². The first-order valence-corrected chi connectivity index (χ1v) is 7.92. The van der Waals surface area contributed by atoms with Crippen molar-refractivity contribution in [3.05, 3.63) is 0 Å². The topological polar surface area (TPSA) is 33.6 Å². The van der Waals surface area contributed by atoms with E-state index in [0.29, 0.717) is 24.3 Å². The lowest BCUT2D eigenvalue weighted by molar-refractivity contribution is 0.0701. The van der Waals surface area contributed by atoms with Gasteiger partial charge in [0, 0.05) is 5.75 Å². The molecule has 0 unspecified atom stereocenters. The van der Waals surface area contributed by atoms with Crippen LogP contribution in [0.25, 0.3) is 0 Å². The first-order valence-electron chi connectivity index (χ1n) is 6.94. The van der Waals surface area contributed by atoms with Crippen LogP contribution in [0.3, 0.4) is 0 Å². The number of rotatable bonds is 2. The van der Waals surface area contributed by atoms with E-state index in [1.165, 1.54) is 43.7 Å². The molecule has 4 atom stereocenters. The lowest BCUT2D eigenvalue weighted by Crippen LogP contribution is -2.36. The van der Waals surface area contributed by atoms with Crippen molar-refractivity contribution in [3.8, 4) is 0 Å². The predicted octanol–water partition coefficient (Wildman–Crippen LogP) is 2.56. The summed E-state index contributed by atoms with van der Waals surface area (Å²) in [7, 11) is 0. The first kappa shape index (κ1) is 11.8. The molecule has 1 saturated carbocycles. The minimum Gasteiger partial charge on any atom is -0.374 e. The molecular formula is C13H22N2OS. The van der Waals surface area contributed by atoms with Crippen molar-refractivity contribution >= 4 is 16.9 Å². The van der Waals surface area contributed by atoms with Crippen molar-refractivity contribution < 1.29 is 4.74 Å². The molecule has 2 aliphatic heterocycles. The van der Waals surface area contributed by atoms with Crippen LogP contribution < -0.4 is 5.32 Å². The predicted molar refractivity (Wildman–Crippen MR) is 72.6 cm³/mol. The van der Waals surface area contributed by atoms with Crippen molar-refractivity contribution in [2.24, 2.45) is 4.99 Å². The van der Waals surface area contributed by atoms with Gasteiger partial charge in [-0.3, -0.25) is 4.99 Å². The van der Waals surface area contributed by atoms with E-state index in [-0.39, 0.29) is 0 Å². The van der Waals surface area contributed by atoms with Crippen molar-refractivity contribution in [3.63, 3.8) is 0 Å². The summed E-state index contributed by atoms with van der Waals surface area (Å²) >= 11 is 1.86. The third kappa shape index (κ3) is 2.79. The Morgan fingerprint density at radius 1 is 1.29 bits per heavy atom. The Morgan fingerprint density at radius 2 is 2.18 bits per heavy atom. The molecule has 0 spiro atoms. The maximum atomic E-state index is 5.84. The highest BCUT2D eigenvalue weighted by atomic mass is 32.2. The Morgan fingerprint density at radius 3 is 2.94 bits per heavy atom. The van der Waals surface area contributed by atoms with Crippen LogP contribution >= 0.6 is 11.8 Å². The van der Waals surface area contributed by atoms with E-state index in [0.717, 1.165) is 5.75 Å². The monoisotopic (exact) mass is 254 g/mol. The molecule has 0 radical (unpaired) electrons. The van der Waals surface area contributed by atoms with E-state index >= 15 is 0 Å². The zero-order valence-electron chi connectivity index (χ0n) is 10.5. The molecule has 0 aromatic rings. The lowest BCUT2D eigenvalue weighted by Gasteiger charge is -2.23. The second-order valence-corrected chi connectivity index (χ2v) is 6.50. The zero-order chi connectivity index (χ0) is 11.7. The van der Waals surface area contributed by atoms with Crippen molar-refractivity contribution in [1.82, 2.24) is 5.32 Å². The molecule has 0 aromatic carbocycles. The van der Waals surface area contributed by atoms with Gasteiger partial charge in [-0.05, 0) is 32.6 Å². The summed E-state index contributed by atoms with van der Waals surface area (Å²) in [5.41, 5.74) is 0. The van der Waals surface area contributed by atoms with Gasteiger partial charge >= 0.3 is 0 Å². The molecule has 1 saturated heterocycles. The maximum Gasteiger partial charge on any atom is 0.157 e. The van der Waals surface area contributed by atoms with Gasteiger partial charge in [0.05, 0.1) is 24.3 Å². The van der Waals surface area contributed by atoms with Crippen molar-refractivity contribution in [2.75, 3.05) is 5.75 Å². The second-order valence-electron chi connectivity index (χ2n) is 5.49. The van der Waals surface area contributed by atoms with E-state index in [1.807, 2.05) is 11.8 Å². The van der Waals surface area contributed by atoms with Crippen LogP contribution in [0.4, 0.5) is 0 Å². The van der Waals surface area contributed by atoms with E-state index < -0.39 is 0 Å². The third-order valence-corrected chi connectivity index (χ3v) is 5.08. The number of nitrogens with zero attached hydrogens (tertiary/aromatic N) is 1. The SMILES string of the molecule is C[C@@H]1CC[C@H](CSC2=N[C@@H]3CCCC[C@@H]3N2)O1. The smallest absolute Gasteiger partial charge is 0.157 e. The van der Waals surface area contributed by atoms with Gasteiger partial charge < -0.3 is 10.1 Å². The second kappa shape index (κ2) is 5.19. The van der Waals surface area contributed by atoms with E-state index in [2.05, 4.69) is 12.2 Å². The van der Waals surface area contributed by atoms with Gasteiger partial charge in [0.15, 0.2) is 5.17 Å². The van der Waals surface area contributed by atoms with Gasteiger partial charge in [0.2, 0.25) is 0 Å². The fraction of sp³-hybridized carbons (Fsp3) is 0.923. The molecule has 0 amide bonds. The quantitative estimate of drug-likeness (QED) is 0.822. The molecule has 3 nitrogen and oxygen atoms in total. The largest absolute Gasteiger partial charge is 0.374 e. The standard InChI is InChI=1S/C13H22N2OS/c1-9-6-7-10(16-9)8-17-13-14-11-4-2-3-5-12(11)15-13/h9-12H,2-8H2,1H3,(H,14,15)/t9-,10-,11-,12+/m1/s1. The molecule has 17 heavy (non-hydrogen) atoms. The van der Waals surface area contributed by atoms with Gasteiger partial charge in [0.1, 0.15) is 0 Å². The number of hydrogen-bond donors (Lipinski definition) is 1. The molecule has 0 bridgehead atoms. The van der Waals surface area contributed by atoms with Gasteiger partial charge in [-0.15, -0.1) is 0 Å². The first-order chi connectivity index (χ1) is 8.31. The highest BCUT2D eigenvalue weighted by Crippen LogP contribution is 2.28. The summed E-state index contributed by atoms with van der Waals surface area (Å²) < 4.78 is 5.84. The van der Waals surface area contributed by atoms with Gasteiger partial charge in [-0.1, -0.05) is 24.6 Å². The molecule has 1 aliphatic carbocycles. The number of amidine groups is 1. The van der Waals surface area contributed by atoms with Crippen LogP contribution in [-0.4, -0.2) is 35.2 Å². The zero-order valence-corrected chi connectivity index (χ0v) is 11.3. The molecule has 1 N–H and O–H groups in total. The lowest BCUT2D eigenvalue weighted by atomic mass is 9.92. The molecule has 0 aromatic heterocycles. The van der Waals surface area contributed by atoms with Crippen LogP contribution in [0.2, 0.25) is 0 Å². The highest BCUT2D eigenvalue weighted by Gasteiger charge is 2.31. The summed E-state index contributed by atoms with van der Waals surface area (Å²) in [6.07, 6.45) is 8.64. The molecule has 4 heteroatoms. The Hall–Kier alpha value is -0.220. The highest BCUT2D eigenvalue weighted by molar-refractivity contribution is 8.13. The van der Waals surface area contributed by atoms with Crippen LogP contribution in [0.5, 0.6) is 0 Å². The Balaban J connectivity index is 1.46. The normalized spacial score (nSPS) is 40.9. The summed E-state index contributed by atoms with van der Waals surface area (Å²) in [4.78, 5) is 4.80. The molecular weight excluding hydrogens is 232 g/mol. The summed E-state index contributed by atoms with van der Waals surface area (Å²) in [5, 5.41) is 4.76. The third-order valence-electron chi connectivity index (χ3n) is 4.05. The maximum absolute atomic E-state index is 5.84. The summed E-state index contributed by atoms with van der Waals surface area (Å²) in [6, 6.07) is 1.20. The van der Waals surface area contributed by atoms with Crippen LogP contribution in [0.1, 0.15) is 45.4 Å². The van der Waals surface area contributed by atoms with E-state index in [4.69, 9.17) is 9.73 Å². The van der Waals surface area contributed by atoms with Crippen molar-refractivity contribution in [1.29, 1.82) is 0 Å². The van der Waals surface area contributed by atoms with Gasteiger partial charge in [-0.25, -0.2) is 0 Å². The number of aliphatic imine (C=N–C) groups is 1. The van der Waals surface area contributed by atoms with E-state index in [1.54, 1.807) is 0 Å². The molecule has 2 heterocycles. The van der Waals surface area contributed by atoms with Gasteiger partial charge in [-0.2, -0.15) is 0 Å². The minimum atomic E-state index is 0.446. The molecule has 2 fully saturated rings. The minimum absolute atomic E-state index is 0.446. The fourth-order valence-electron chi connectivity index (χ4n) is 3.04. The summed E-state index contributed by atoms with van der Waals surface area (Å²) in [6.45, 7) is 2.17. The summed E-state index contributed by atoms with van der Waals surface area (Å²) in [5.74, 6) is 1.07. The van der Waals surface area contributed by atoms with Crippen LogP contribution in [-0.2, 0) is 4.74 Å². The number of hydrogen-bond acceptors (Lipinski definition) is 4.